The smallest absolute Gasteiger partial charge is 0.308 e. The molecule has 58 heavy (non-hydrogen) atoms. The molecule has 0 fully saturated rings. The quantitative estimate of drug-likeness (QED) is 0.0191. The number of hydrogen-bond acceptors (Lipinski definition) is 10. The zero-order valence-electron chi connectivity index (χ0n) is 36.3. The standard InChI is InChI=1S/C46H80Cl2O10/c1-40(57-45(53)36-24-20-16-12-8-4-2-6-10-14-18-22-30-38-55-43(51)34-28-26-32-41(47)49)58-46(54)37-25-21-17-13-9-5-3-7-11-15-19-23-31-39-56-44(52)35-29-27-33-42(48)50/h40H,2-39H2,1H3. The zero-order valence-corrected chi connectivity index (χ0v) is 37.8. The minimum absolute atomic E-state index is 0.189. The van der Waals surface area contributed by atoms with Gasteiger partial charge in [-0.1, -0.05) is 141 Å². The normalized spacial score (nSPS) is 11.1. The molecule has 12 heteroatoms. The highest BCUT2D eigenvalue weighted by Crippen LogP contribution is 2.16. The average molecular weight is 864 g/mol. The molecule has 0 unspecified atom stereocenters. The Balaban J connectivity index is 3.41. The van der Waals surface area contributed by atoms with Crippen molar-refractivity contribution in [2.45, 2.75) is 244 Å². The van der Waals surface area contributed by atoms with Gasteiger partial charge in [-0.25, -0.2) is 0 Å². The fourth-order valence-electron chi connectivity index (χ4n) is 6.73. The van der Waals surface area contributed by atoms with Gasteiger partial charge in [0.15, 0.2) is 0 Å². The number of ether oxygens (including phenoxy) is 4. The van der Waals surface area contributed by atoms with E-state index >= 15 is 0 Å². The van der Waals surface area contributed by atoms with Gasteiger partial charge in [0.1, 0.15) is 0 Å². The summed E-state index contributed by atoms with van der Waals surface area (Å²) < 4.78 is 21.0. The maximum Gasteiger partial charge on any atom is 0.308 e. The molecule has 0 aliphatic heterocycles. The third kappa shape index (κ3) is 44.9. The third-order valence-corrected chi connectivity index (χ3v) is 10.6. The molecular formula is C46H80Cl2O10. The molecule has 0 bridgehead atoms. The summed E-state index contributed by atoms with van der Waals surface area (Å²) in [5, 5.41) is -0.716. The lowest BCUT2D eigenvalue weighted by atomic mass is 10.0. The number of carbonyl (C=O) groups excluding carboxylic acids is 6. The monoisotopic (exact) mass is 863 g/mol. The predicted molar refractivity (Wildman–Crippen MR) is 231 cm³/mol. The molecule has 338 valence electrons. The van der Waals surface area contributed by atoms with Crippen LogP contribution in [0.4, 0.5) is 0 Å². The van der Waals surface area contributed by atoms with Crippen LogP contribution < -0.4 is 0 Å². The van der Waals surface area contributed by atoms with E-state index in [1.54, 1.807) is 6.92 Å². The van der Waals surface area contributed by atoms with E-state index in [0.29, 0.717) is 77.4 Å². The lowest BCUT2D eigenvalue weighted by Crippen LogP contribution is -2.21. The van der Waals surface area contributed by atoms with E-state index in [1.807, 2.05) is 0 Å². The Bertz CT molecular complexity index is 974. The van der Waals surface area contributed by atoms with Gasteiger partial charge in [0.25, 0.3) is 0 Å². The van der Waals surface area contributed by atoms with Crippen molar-refractivity contribution in [3.8, 4) is 0 Å². The largest absolute Gasteiger partial charge is 0.466 e. The summed E-state index contributed by atoms with van der Waals surface area (Å²) in [5.41, 5.74) is 0. The highest BCUT2D eigenvalue weighted by atomic mass is 35.5. The molecule has 0 aliphatic carbocycles. The second kappa shape index (κ2) is 42.9. The molecule has 0 aromatic carbocycles. The summed E-state index contributed by atoms with van der Waals surface area (Å²) in [4.78, 5) is 69.0. The SMILES string of the molecule is CC(OC(=O)CCCCCCCCCCCCCCCOC(=O)CCCCC(=O)Cl)OC(=O)CCCCCCCCCCCCCCCOC(=O)CCCCC(=O)Cl. The van der Waals surface area contributed by atoms with E-state index in [4.69, 9.17) is 42.1 Å². The summed E-state index contributed by atoms with van der Waals surface area (Å²) in [5.74, 6) is -0.995. The van der Waals surface area contributed by atoms with Crippen molar-refractivity contribution in [3.05, 3.63) is 0 Å². The number of esters is 4. The van der Waals surface area contributed by atoms with E-state index in [9.17, 15) is 28.8 Å². The van der Waals surface area contributed by atoms with Gasteiger partial charge in [-0.15, -0.1) is 0 Å². The van der Waals surface area contributed by atoms with Crippen molar-refractivity contribution in [2.24, 2.45) is 0 Å². The molecular weight excluding hydrogens is 783 g/mol. The average Bonchev–Trinajstić information content (AvgIpc) is 3.17. The van der Waals surface area contributed by atoms with Gasteiger partial charge in [-0.2, -0.15) is 0 Å². The van der Waals surface area contributed by atoms with Crippen LogP contribution in [0.2, 0.25) is 0 Å². The minimum atomic E-state index is -0.844. The second-order valence-electron chi connectivity index (χ2n) is 15.8. The highest BCUT2D eigenvalue weighted by molar-refractivity contribution is 6.63. The molecule has 0 N–H and O–H groups in total. The van der Waals surface area contributed by atoms with Gasteiger partial charge in [-0.05, 0) is 74.6 Å². The second-order valence-corrected chi connectivity index (χ2v) is 16.6. The minimum Gasteiger partial charge on any atom is -0.466 e. The maximum atomic E-state index is 12.2. The number of carbonyl (C=O) groups is 6. The van der Waals surface area contributed by atoms with Gasteiger partial charge in [0.2, 0.25) is 16.8 Å². The molecule has 0 rings (SSSR count). The van der Waals surface area contributed by atoms with Crippen LogP contribution in [0.3, 0.4) is 0 Å². The molecule has 0 aromatic heterocycles. The topological polar surface area (TPSA) is 139 Å². The van der Waals surface area contributed by atoms with Gasteiger partial charge < -0.3 is 18.9 Å². The molecule has 0 amide bonds. The van der Waals surface area contributed by atoms with Gasteiger partial charge >= 0.3 is 23.9 Å². The summed E-state index contributed by atoms with van der Waals surface area (Å²) in [6.07, 6.45) is 33.1. The number of rotatable bonds is 44. The van der Waals surface area contributed by atoms with Crippen molar-refractivity contribution in [1.29, 1.82) is 0 Å². The van der Waals surface area contributed by atoms with Crippen LogP contribution in [-0.2, 0) is 47.7 Å². The summed E-state index contributed by atoms with van der Waals surface area (Å²) in [7, 11) is 0. The first-order valence-electron chi connectivity index (χ1n) is 23.2. The van der Waals surface area contributed by atoms with E-state index in [-0.39, 0.29) is 34.4 Å². The Morgan fingerprint density at radius 2 is 0.517 bits per heavy atom. The summed E-state index contributed by atoms with van der Waals surface area (Å²) in [6, 6.07) is 0. The Morgan fingerprint density at radius 3 is 0.793 bits per heavy atom. The van der Waals surface area contributed by atoms with Crippen LogP contribution in [0.5, 0.6) is 0 Å². The van der Waals surface area contributed by atoms with Gasteiger partial charge in [-0.3, -0.25) is 28.8 Å². The van der Waals surface area contributed by atoms with Gasteiger partial charge in [0.05, 0.1) is 13.2 Å². The van der Waals surface area contributed by atoms with Crippen LogP contribution >= 0.6 is 23.2 Å². The first-order chi connectivity index (χ1) is 28.1. The van der Waals surface area contributed by atoms with Crippen molar-refractivity contribution in [3.63, 3.8) is 0 Å². The first kappa shape index (κ1) is 55.8. The van der Waals surface area contributed by atoms with Crippen LogP contribution in [0.25, 0.3) is 0 Å². The molecule has 0 heterocycles. The predicted octanol–water partition coefficient (Wildman–Crippen LogP) is 13.1. The lowest BCUT2D eigenvalue weighted by Gasteiger charge is -2.14. The van der Waals surface area contributed by atoms with Crippen LogP contribution in [0.15, 0.2) is 0 Å². The van der Waals surface area contributed by atoms with E-state index in [0.717, 1.165) is 64.2 Å². The Labute approximate surface area is 361 Å². The number of unbranched alkanes of at least 4 members (excludes halogenated alkanes) is 26. The van der Waals surface area contributed by atoms with Crippen LogP contribution in [0, 0.1) is 0 Å². The molecule has 0 aliphatic rings. The summed E-state index contributed by atoms with van der Waals surface area (Å²) >= 11 is 10.6. The zero-order chi connectivity index (χ0) is 42.7. The lowest BCUT2D eigenvalue weighted by molar-refractivity contribution is -0.184. The number of hydrogen-bond donors (Lipinski definition) is 0. The van der Waals surface area contributed by atoms with Crippen molar-refractivity contribution >= 4 is 57.6 Å². The molecule has 0 saturated heterocycles. The molecule has 0 radical (unpaired) electrons. The molecule has 0 spiro atoms. The molecule has 0 saturated carbocycles. The molecule has 10 nitrogen and oxygen atoms in total. The van der Waals surface area contributed by atoms with E-state index in [1.165, 1.54) is 103 Å². The van der Waals surface area contributed by atoms with Gasteiger partial charge in [0, 0.05) is 45.4 Å². The third-order valence-electron chi connectivity index (χ3n) is 10.2. The highest BCUT2D eigenvalue weighted by Gasteiger charge is 2.14. The Hall–Kier alpha value is -2.20. The van der Waals surface area contributed by atoms with Crippen LogP contribution in [-0.4, -0.2) is 53.9 Å². The molecule has 0 atom stereocenters. The van der Waals surface area contributed by atoms with Crippen molar-refractivity contribution in [1.82, 2.24) is 0 Å². The first-order valence-corrected chi connectivity index (χ1v) is 23.9. The van der Waals surface area contributed by atoms with Crippen LogP contribution in [0.1, 0.15) is 238 Å². The Morgan fingerprint density at radius 1 is 0.310 bits per heavy atom. The van der Waals surface area contributed by atoms with E-state index in [2.05, 4.69) is 0 Å². The van der Waals surface area contributed by atoms with Crippen molar-refractivity contribution < 1.29 is 47.7 Å². The fourth-order valence-corrected chi connectivity index (χ4v) is 6.99. The van der Waals surface area contributed by atoms with Crippen molar-refractivity contribution in [2.75, 3.05) is 13.2 Å². The molecule has 0 aromatic rings. The van der Waals surface area contributed by atoms with E-state index < -0.39 is 6.29 Å². The fraction of sp³-hybridized carbons (Fsp3) is 0.870. The number of halogens is 2. The maximum absolute atomic E-state index is 12.2. The summed E-state index contributed by atoms with van der Waals surface area (Å²) in [6.45, 7) is 2.57. The Kier molecular flexibility index (Phi) is 41.3.